The lowest BCUT2D eigenvalue weighted by molar-refractivity contribution is -0.124. The second-order valence-corrected chi connectivity index (χ2v) is 3.30. The van der Waals surface area contributed by atoms with Gasteiger partial charge in [0.15, 0.2) is 5.78 Å². The van der Waals surface area contributed by atoms with E-state index in [-0.39, 0.29) is 17.5 Å². The Balaban J connectivity index is 2.32. The van der Waals surface area contributed by atoms with Crippen molar-refractivity contribution in [2.75, 3.05) is 5.88 Å². The van der Waals surface area contributed by atoms with Crippen molar-refractivity contribution >= 4 is 23.2 Å². The summed E-state index contributed by atoms with van der Waals surface area (Å²) >= 11 is 5.40. The Bertz CT molecular complexity index is 221. The van der Waals surface area contributed by atoms with Gasteiger partial charge in [0, 0.05) is 24.6 Å². The van der Waals surface area contributed by atoms with Gasteiger partial charge in [-0.25, -0.2) is 0 Å². The Morgan fingerprint density at radius 2 is 2.42 bits per heavy atom. The Hall–Kier alpha value is -0.630. The SMILES string of the molecule is O=C(CCCl)CC1CC=CC1=O. The molecule has 12 heavy (non-hydrogen) atoms. The third-order valence-electron chi connectivity index (χ3n) is 1.95. The fraction of sp³-hybridized carbons (Fsp3) is 0.556. The van der Waals surface area contributed by atoms with Gasteiger partial charge in [0.05, 0.1) is 0 Å². The summed E-state index contributed by atoms with van der Waals surface area (Å²) in [6.07, 6.45) is 4.83. The predicted octanol–water partition coefficient (Wildman–Crippen LogP) is 1.72. The van der Waals surface area contributed by atoms with Gasteiger partial charge in [0.1, 0.15) is 5.78 Å². The fourth-order valence-electron chi connectivity index (χ4n) is 1.27. The van der Waals surface area contributed by atoms with Gasteiger partial charge >= 0.3 is 0 Å². The monoisotopic (exact) mass is 186 g/mol. The number of hydrogen-bond donors (Lipinski definition) is 0. The molecule has 2 nitrogen and oxygen atoms in total. The van der Waals surface area contributed by atoms with Crippen molar-refractivity contribution in [1.82, 2.24) is 0 Å². The highest BCUT2D eigenvalue weighted by atomic mass is 35.5. The minimum absolute atomic E-state index is 0.0814. The average molecular weight is 187 g/mol. The van der Waals surface area contributed by atoms with Crippen LogP contribution in [0.5, 0.6) is 0 Å². The van der Waals surface area contributed by atoms with Crippen LogP contribution in [0.2, 0.25) is 0 Å². The highest BCUT2D eigenvalue weighted by Gasteiger charge is 2.21. The molecule has 0 bridgehead atoms. The van der Waals surface area contributed by atoms with E-state index in [4.69, 9.17) is 11.6 Å². The Morgan fingerprint density at radius 3 is 2.92 bits per heavy atom. The number of halogens is 1. The second kappa shape index (κ2) is 4.41. The van der Waals surface area contributed by atoms with E-state index >= 15 is 0 Å². The quantitative estimate of drug-likeness (QED) is 0.627. The molecule has 0 fully saturated rings. The molecule has 0 saturated heterocycles. The lowest BCUT2D eigenvalue weighted by Crippen LogP contribution is -2.12. The number of allylic oxidation sites excluding steroid dienone is 2. The molecule has 1 rings (SSSR count). The van der Waals surface area contributed by atoms with E-state index in [0.717, 1.165) is 0 Å². The van der Waals surface area contributed by atoms with Gasteiger partial charge in [-0.05, 0) is 12.5 Å². The molecule has 1 unspecified atom stereocenters. The summed E-state index contributed by atoms with van der Waals surface area (Å²) < 4.78 is 0. The third kappa shape index (κ3) is 2.45. The first kappa shape index (κ1) is 9.46. The maximum Gasteiger partial charge on any atom is 0.159 e. The van der Waals surface area contributed by atoms with E-state index in [0.29, 0.717) is 25.1 Å². The molecule has 0 heterocycles. The van der Waals surface area contributed by atoms with Gasteiger partial charge in [0.25, 0.3) is 0 Å². The van der Waals surface area contributed by atoms with Crippen LogP contribution in [0.15, 0.2) is 12.2 Å². The van der Waals surface area contributed by atoms with E-state index in [1.807, 2.05) is 6.08 Å². The molecule has 0 amide bonds. The third-order valence-corrected chi connectivity index (χ3v) is 2.14. The van der Waals surface area contributed by atoms with Crippen molar-refractivity contribution in [2.45, 2.75) is 19.3 Å². The Morgan fingerprint density at radius 1 is 1.67 bits per heavy atom. The normalized spacial score (nSPS) is 21.8. The summed E-state index contributed by atoms with van der Waals surface area (Å²) in [6.45, 7) is 0. The van der Waals surface area contributed by atoms with Crippen molar-refractivity contribution in [3.8, 4) is 0 Å². The van der Waals surface area contributed by atoms with Crippen LogP contribution < -0.4 is 0 Å². The smallest absolute Gasteiger partial charge is 0.159 e. The molecule has 0 aliphatic heterocycles. The van der Waals surface area contributed by atoms with Gasteiger partial charge in [0.2, 0.25) is 0 Å². The topological polar surface area (TPSA) is 34.1 Å². The zero-order chi connectivity index (χ0) is 8.97. The molecule has 1 aliphatic carbocycles. The van der Waals surface area contributed by atoms with Crippen LogP contribution in [0.3, 0.4) is 0 Å². The number of carbonyl (C=O) groups is 2. The first-order valence-corrected chi connectivity index (χ1v) is 4.55. The second-order valence-electron chi connectivity index (χ2n) is 2.92. The zero-order valence-corrected chi connectivity index (χ0v) is 7.51. The van der Waals surface area contributed by atoms with Crippen LogP contribution in [0.25, 0.3) is 0 Å². The largest absolute Gasteiger partial charge is 0.300 e. The summed E-state index contributed by atoms with van der Waals surface area (Å²) in [4.78, 5) is 22.1. The van der Waals surface area contributed by atoms with Crippen molar-refractivity contribution in [3.05, 3.63) is 12.2 Å². The van der Waals surface area contributed by atoms with Gasteiger partial charge in [-0.2, -0.15) is 0 Å². The molecule has 0 saturated carbocycles. The van der Waals surface area contributed by atoms with Crippen LogP contribution >= 0.6 is 11.6 Å². The molecule has 3 heteroatoms. The van der Waals surface area contributed by atoms with E-state index in [1.165, 1.54) is 0 Å². The van der Waals surface area contributed by atoms with Crippen LogP contribution in [0.4, 0.5) is 0 Å². The predicted molar refractivity (Wildman–Crippen MR) is 47.2 cm³/mol. The van der Waals surface area contributed by atoms with Crippen LogP contribution in [-0.2, 0) is 9.59 Å². The lowest BCUT2D eigenvalue weighted by Gasteiger charge is -2.04. The molecule has 66 valence electrons. The summed E-state index contributed by atoms with van der Waals surface area (Å²) in [7, 11) is 0. The number of hydrogen-bond acceptors (Lipinski definition) is 2. The minimum atomic E-state index is -0.0966. The number of rotatable bonds is 4. The van der Waals surface area contributed by atoms with Crippen molar-refractivity contribution < 1.29 is 9.59 Å². The lowest BCUT2D eigenvalue weighted by atomic mass is 9.98. The molecular weight excluding hydrogens is 176 g/mol. The number of carbonyl (C=O) groups excluding carboxylic acids is 2. The zero-order valence-electron chi connectivity index (χ0n) is 6.75. The molecule has 0 aromatic carbocycles. The molecule has 0 spiro atoms. The van der Waals surface area contributed by atoms with E-state index in [2.05, 4.69) is 0 Å². The number of ketones is 2. The first-order valence-electron chi connectivity index (χ1n) is 4.02. The summed E-state index contributed by atoms with van der Waals surface area (Å²) in [5.74, 6) is 0.429. The van der Waals surface area contributed by atoms with Crippen LogP contribution in [0, 0.1) is 5.92 Å². The van der Waals surface area contributed by atoms with E-state index in [9.17, 15) is 9.59 Å². The molecule has 1 aliphatic rings. The standard InChI is InChI=1S/C9H11ClO2/c10-5-4-8(11)6-7-2-1-3-9(7)12/h1,3,7H,2,4-6H2. The Kier molecular flexibility index (Phi) is 3.48. The highest BCUT2D eigenvalue weighted by Crippen LogP contribution is 2.18. The maximum atomic E-state index is 11.1. The van der Waals surface area contributed by atoms with Crippen molar-refractivity contribution in [1.29, 1.82) is 0 Å². The fourth-order valence-corrected chi connectivity index (χ4v) is 1.48. The molecule has 0 radical (unpaired) electrons. The summed E-state index contributed by atoms with van der Waals surface area (Å²) in [5.41, 5.74) is 0. The van der Waals surface area contributed by atoms with E-state index in [1.54, 1.807) is 6.08 Å². The molecule has 0 N–H and O–H groups in total. The van der Waals surface area contributed by atoms with Crippen LogP contribution in [-0.4, -0.2) is 17.4 Å². The Labute approximate surface area is 76.6 Å². The summed E-state index contributed by atoms with van der Waals surface area (Å²) in [5, 5.41) is 0. The number of Topliss-reactive ketones (excluding diaryl/α,β-unsaturated/α-hetero) is 1. The van der Waals surface area contributed by atoms with Gasteiger partial charge < -0.3 is 0 Å². The number of alkyl halides is 1. The highest BCUT2D eigenvalue weighted by molar-refractivity contribution is 6.19. The van der Waals surface area contributed by atoms with E-state index < -0.39 is 0 Å². The van der Waals surface area contributed by atoms with Gasteiger partial charge in [-0.15, -0.1) is 11.6 Å². The summed E-state index contributed by atoms with van der Waals surface area (Å²) in [6, 6.07) is 0. The van der Waals surface area contributed by atoms with Crippen molar-refractivity contribution in [3.63, 3.8) is 0 Å². The average Bonchev–Trinajstić information content (AvgIpc) is 2.37. The molecule has 1 atom stereocenters. The van der Waals surface area contributed by atoms with Gasteiger partial charge in [-0.3, -0.25) is 9.59 Å². The minimum Gasteiger partial charge on any atom is -0.300 e. The molecule has 0 aromatic heterocycles. The van der Waals surface area contributed by atoms with Gasteiger partial charge in [-0.1, -0.05) is 6.08 Å². The van der Waals surface area contributed by atoms with Crippen LogP contribution in [0.1, 0.15) is 19.3 Å². The molecule has 0 aromatic rings. The first-order chi connectivity index (χ1) is 5.74. The maximum absolute atomic E-state index is 11.1. The molecular formula is C9H11ClO2. The van der Waals surface area contributed by atoms with Crippen molar-refractivity contribution in [2.24, 2.45) is 5.92 Å².